The van der Waals surface area contributed by atoms with E-state index in [1.165, 1.54) is 0 Å². The summed E-state index contributed by atoms with van der Waals surface area (Å²) in [4.78, 5) is 13.6. The summed E-state index contributed by atoms with van der Waals surface area (Å²) < 4.78 is 0. The molecule has 0 amide bonds. The Labute approximate surface area is 160 Å². The zero-order valence-electron chi connectivity index (χ0n) is 15.4. The van der Waals surface area contributed by atoms with Gasteiger partial charge in [-0.1, -0.05) is 97.1 Å². The third-order valence-electron chi connectivity index (χ3n) is 5.32. The molecule has 0 heterocycles. The molecule has 1 aliphatic carbocycles. The van der Waals surface area contributed by atoms with Crippen LogP contribution >= 0.6 is 0 Å². The van der Waals surface area contributed by atoms with Crippen LogP contribution in [-0.2, 0) is 10.2 Å². The highest BCUT2D eigenvalue weighted by molar-refractivity contribution is 6.31. The summed E-state index contributed by atoms with van der Waals surface area (Å²) >= 11 is 0. The monoisotopic (exact) mass is 350 g/mol. The molecule has 1 aliphatic rings. The van der Waals surface area contributed by atoms with E-state index in [9.17, 15) is 4.79 Å². The minimum Gasteiger partial charge on any atom is -0.293 e. The van der Waals surface area contributed by atoms with Crippen LogP contribution in [0.3, 0.4) is 0 Å². The summed E-state index contributed by atoms with van der Waals surface area (Å²) in [5, 5.41) is 0. The molecule has 3 aromatic carbocycles. The van der Waals surface area contributed by atoms with Crippen LogP contribution in [0.15, 0.2) is 91.0 Å². The molecule has 0 unspecified atom stereocenters. The van der Waals surface area contributed by atoms with Crippen LogP contribution in [0.25, 0.3) is 17.7 Å². The lowest BCUT2D eigenvalue weighted by Crippen LogP contribution is -2.36. The van der Waals surface area contributed by atoms with Crippen LogP contribution in [0, 0.1) is 0 Å². The van der Waals surface area contributed by atoms with E-state index in [-0.39, 0.29) is 5.78 Å². The van der Waals surface area contributed by atoms with E-state index in [0.717, 1.165) is 27.8 Å². The fourth-order valence-electron chi connectivity index (χ4n) is 3.80. The summed E-state index contributed by atoms with van der Waals surface area (Å²) in [7, 11) is 0. The van der Waals surface area contributed by atoms with Gasteiger partial charge in [0.2, 0.25) is 0 Å². The van der Waals surface area contributed by atoms with Crippen molar-refractivity contribution >= 4 is 23.5 Å². The maximum Gasteiger partial charge on any atom is 0.174 e. The van der Waals surface area contributed by atoms with Gasteiger partial charge in [-0.05, 0) is 41.7 Å². The standard InChI is InChI=1S/C26H22O/c1-26(18-10-13-20-11-4-2-5-12-20)24-17-9-8-16-22(24)19-23(25(26)27)21-14-6-3-7-15-21/h2-17,19H,18H2,1H3/b13-10+/t26-/m0/s1. The van der Waals surface area contributed by atoms with Gasteiger partial charge in [-0.25, -0.2) is 0 Å². The molecule has 0 N–H and O–H groups in total. The highest BCUT2D eigenvalue weighted by Crippen LogP contribution is 2.42. The first kappa shape index (κ1) is 17.2. The Hall–Kier alpha value is -3.19. The van der Waals surface area contributed by atoms with Crippen molar-refractivity contribution in [1.82, 2.24) is 0 Å². The Morgan fingerprint density at radius 1 is 0.815 bits per heavy atom. The van der Waals surface area contributed by atoms with E-state index in [4.69, 9.17) is 0 Å². The van der Waals surface area contributed by atoms with Crippen molar-refractivity contribution in [2.24, 2.45) is 0 Å². The molecule has 132 valence electrons. The molecule has 0 radical (unpaired) electrons. The number of allylic oxidation sites excluding steroid dienone is 2. The van der Waals surface area contributed by atoms with E-state index in [1.54, 1.807) is 0 Å². The first-order valence-corrected chi connectivity index (χ1v) is 9.31. The molecule has 27 heavy (non-hydrogen) atoms. The number of Topliss-reactive ketones (excluding diaryl/α,β-unsaturated/α-hetero) is 1. The van der Waals surface area contributed by atoms with Gasteiger partial charge in [-0.15, -0.1) is 0 Å². The van der Waals surface area contributed by atoms with Crippen molar-refractivity contribution in [3.05, 3.63) is 113 Å². The molecule has 0 fully saturated rings. The molecule has 1 atom stereocenters. The SMILES string of the molecule is C[C@@]1(C/C=C/c2ccccc2)C(=O)C(c2ccccc2)=Cc2ccccc21. The van der Waals surface area contributed by atoms with Crippen molar-refractivity contribution in [1.29, 1.82) is 0 Å². The Kier molecular flexibility index (Phi) is 4.60. The van der Waals surface area contributed by atoms with E-state index in [2.05, 4.69) is 43.3 Å². The van der Waals surface area contributed by atoms with Crippen LogP contribution in [-0.4, -0.2) is 5.78 Å². The van der Waals surface area contributed by atoms with Gasteiger partial charge in [0.15, 0.2) is 5.78 Å². The molecule has 0 saturated carbocycles. The fourth-order valence-corrected chi connectivity index (χ4v) is 3.80. The van der Waals surface area contributed by atoms with E-state index in [0.29, 0.717) is 6.42 Å². The molecule has 0 spiro atoms. The minimum atomic E-state index is -0.568. The summed E-state index contributed by atoms with van der Waals surface area (Å²) in [6.07, 6.45) is 6.93. The van der Waals surface area contributed by atoms with Crippen LogP contribution in [0.4, 0.5) is 0 Å². The predicted octanol–water partition coefficient (Wildman–Crippen LogP) is 6.17. The molecule has 0 aliphatic heterocycles. The quantitative estimate of drug-likeness (QED) is 0.550. The van der Waals surface area contributed by atoms with Crippen molar-refractivity contribution in [2.45, 2.75) is 18.8 Å². The second-order valence-corrected chi connectivity index (χ2v) is 7.19. The van der Waals surface area contributed by atoms with E-state index < -0.39 is 5.41 Å². The lowest BCUT2D eigenvalue weighted by Gasteiger charge is -2.34. The topological polar surface area (TPSA) is 17.1 Å². The number of fused-ring (bicyclic) bond motifs is 1. The zero-order chi connectivity index (χ0) is 18.7. The molecule has 0 saturated heterocycles. The Morgan fingerprint density at radius 3 is 2.19 bits per heavy atom. The predicted molar refractivity (Wildman–Crippen MR) is 113 cm³/mol. The van der Waals surface area contributed by atoms with Crippen LogP contribution < -0.4 is 0 Å². The third-order valence-corrected chi connectivity index (χ3v) is 5.32. The van der Waals surface area contributed by atoms with Gasteiger partial charge in [-0.2, -0.15) is 0 Å². The van der Waals surface area contributed by atoms with Gasteiger partial charge in [0.05, 0.1) is 5.41 Å². The summed E-state index contributed by atoms with van der Waals surface area (Å²) in [5.41, 5.74) is 4.59. The average molecular weight is 350 g/mol. The smallest absolute Gasteiger partial charge is 0.174 e. The van der Waals surface area contributed by atoms with Crippen molar-refractivity contribution in [3.63, 3.8) is 0 Å². The maximum absolute atomic E-state index is 13.6. The first-order chi connectivity index (χ1) is 13.2. The van der Waals surface area contributed by atoms with Gasteiger partial charge in [0, 0.05) is 5.57 Å². The number of carbonyl (C=O) groups is 1. The summed E-state index contributed by atoms with van der Waals surface area (Å²) in [6, 6.07) is 28.4. The first-order valence-electron chi connectivity index (χ1n) is 9.31. The summed E-state index contributed by atoms with van der Waals surface area (Å²) in [6.45, 7) is 2.07. The van der Waals surface area contributed by atoms with Gasteiger partial charge in [-0.3, -0.25) is 4.79 Å². The maximum atomic E-state index is 13.6. The molecule has 0 aromatic heterocycles. The molecule has 3 aromatic rings. The molecule has 1 heteroatoms. The number of rotatable bonds is 4. The number of benzene rings is 3. The number of ketones is 1. The van der Waals surface area contributed by atoms with Gasteiger partial charge in [0.1, 0.15) is 0 Å². The van der Waals surface area contributed by atoms with Gasteiger partial charge < -0.3 is 0 Å². The van der Waals surface area contributed by atoms with Crippen molar-refractivity contribution in [3.8, 4) is 0 Å². The average Bonchev–Trinajstić information content (AvgIpc) is 2.72. The molecular formula is C26H22O. The van der Waals surface area contributed by atoms with Crippen molar-refractivity contribution < 1.29 is 4.79 Å². The number of hydrogen-bond donors (Lipinski definition) is 0. The van der Waals surface area contributed by atoms with Crippen molar-refractivity contribution in [2.75, 3.05) is 0 Å². The Balaban J connectivity index is 1.74. The second kappa shape index (κ2) is 7.20. The molecular weight excluding hydrogens is 328 g/mol. The lowest BCUT2D eigenvalue weighted by molar-refractivity contribution is -0.118. The van der Waals surface area contributed by atoms with Crippen LogP contribution in [0.5, 0.6) is 0 Å². The number of carbonyl (C=O) groups excluding carboxylic acids is 1. The normalized spacial score (nSPS) is 19.0. The van der Waals surface area contributed by atoms with E-state index in [1.807, 2.05) is 66.7 Å². The van der Waals surface area contributed by atoms with Crippen LogP contribution in [0.2, 0.25) is 0 Å². The Bertz CT molecular complexity index is 1010. The van der Waals surface area contributed by atoms with Crippen LogP contribution in [0.1, 0.15) is 35.6 Å². The molecule has 1 nitrogen and oxygen atoms in total. The van der Waals surface area contributed by atoms with E-state index >= 15 is 0 Å². The third kappa shape index (κ3) is 3.29. The highest BCUT2D eigenvalue weighted by Gasteiger charge is 2.40. The minimum absolute atomic E-state index is 0.185. The second-order valence-electron chi connectivity index (χ2n) is 7.19. The van der Waals surface area contributed by atoms with Gasteiger partial charge in [0.25, 0.3) is 0 Å². The molecule has 4 rings (SSSR count). The fraction of sp³-hybridized carbons (Fsp3) is 0.115. The largest absolute Gasteiger partial charge is 0.293 e. The lowest BCUT2D eigenvalue weighted by atomic mass is 9.67. The molecule has 0 bridgehead atoms. The summed E-state index contributed by atoms with van der Waals surface area (Å²) in [5.74, 6) is 0.185. The van der Waals surface area contributed by atoms with Gasteiger partial charge >= 0.3 is 0 Å². The highest BCUT2D eigenvalue weighted by atomic mass is 16.1. The number of hydrogen-bond acceptors (Lipinski definition) is 1. The zero-order valence-corrected chi connectivity index (χ0v) is 15.4. The Morgan fingerprint density at radius 2 is 1.44 bits per heavy atom.